The summed E-state index contributed by atoms with van der Waals surface area (Å²) in [5.41, 5.74) is -2.18. The van der Waals surface area contributed by atoms with Gasteiger partial charge in [0.1, 0.15) is 12.2 Å². The predicted molar refractivity (Wildman–Crippen MR) is 102 cm³/mol. The van der Waals surface area contributed by atoms with Gasteiger partial charge in [-0.3, -0.25) is 14.2 Å². The highest BCUT2D eigenvalue weighted by atomic mass is 127. The Balaban J connectivity index is 3.59. The number of ether oxygens (including phenoxy) is 3. The third-order valence-corrected chi connectivity index (χ3v) is 3.75. The first-order valence-electron chi connectivity index (χ1n) is 8.00. The predicted octanol–water partition coefficient (Wildman–Crippen LogP) is 0.145. The average Bonchev–Trinajstić information content (AvgIpc) is 2.60. The fraction of sp³-hybridized carbons (Fsp3) is 0.438. The van der Waals surface area contributed by atoms with E-state index in [2.05, 4.69) is 0 Å². The number of aromatic nitrogens is 2. The molecule has 10 nitrogen and oxygen atoms in total. The van der Waals surface area contributed by atoms with E-state index >= 15 is 0 Å². The maximum Gasteiger partial charge on any atom is 0.355 e. The first-order valence-corrected chi connectivity index (χ1v) is 9.08. The van der Waals surface area contributed by atoms with E-state index in [1.807, 2.05) is 0 Å². The lowest BCUT2D eigenvalue weighted by atomic mass is 10.3. The third-order valence-electron chi connectivity index (χ3n) is 3.01. The minimum atomic E-state index is -1.00. The van der Waals surface area contributed by atoms with E-state index in [0.29, 0.717) is 4.57 Å². The molecule has 0 radical (unpaired) electrons. The standard InChI is InChI=1S/C16H19IN2O8/c1-4-25-12(20)7-11(15(23)27-6-3)18-8-10(17)14(22)19(16(18)24)9-13(21)26-5-2/h7-8H,4-6,9H2,1-3H3/b11-7+. The minimum Gasteiger partial charge on any atom is -0.465 e. The van der Waals surface area contributed by atoms with Crippen molar-refractivity contribution in [3.8, 4) is 0 Å². The molecule has 0 fully saturated rings. The van der Waals surface area contributed by atoms with Gasteiger partial charge in [-0.2, -0.15) is 0 Å². The number of rotatable bonds is 8. The lowest BCUT2D eigenvalue weighted by Crippen LogP contribution is -2.43. The van der Waals surface area contributed by atoms with Crippen LogP contribution in [0.15, 0.2) is 21.9 Å². The Morgan fingerprint density at radius 2 is 1.63 bits per heavy atom. The number of esters is 3. The van der Waals surface area contributed by atoms with Gasteiger partial charge < -0.3 is 14.2 Å². The highest BCUT2D eigenvalue weighted by Gasteiger charge is 2.21. The van der Waals surface area contributed by atoms with Crippen molar-refractivity contribution in [2.24, 2.45) is 0 Å². The zero-order chi connectivity index (χ0) is 20.6. The molecule has 0 atom stereocenters. The van der Waals surface area contributed by atoms with E-state index in [4.69, 9.17) is 14.2 Å². The molecular weight excluding hydrogens is 475 g/mol. The van der Waals surface area contributed by atoms with Crippen LogP contribution in [0.5, 0.6) is 0 Å². The summed E-state index contributed by atoms with van der Waals surface area (Å²) in [6, 6.07) is 0. The molecule has 1 heterocycles. The molecule has 0 aliphatic carbocycles. The maximum absolute atomic E-state index is 12.7. The lowest BCUT2D eigenvalue weighted by Gasteiger charge is -2.13. The topological polar surface area (TPSA) is 123 Å². The van der Waals surface area contributed by atoms with E-state index in [0.717, 1.165) is 16.8 Å². The molecule has 148 valence electrons. The van der Waals surface area contributed by atoms with E-state index in [-0.39, 0.29) is 23.4 Å². The number of hydrogen-bond donors (Lipinski definition) is 0. The van der Waals surface area contributed by atoms with Crippen molar-refractivity contribution in [3.63, 3.8) is 0 Å². The van der Waals surface area contributed by atoms with Crippen molar-refractivity contribution in [3.05, 3.63) is 36.7 Å². The maximum atomic E-state index is 12.7. The van der Waals surface area contributed by atoms with Crippen molar-refractivity contribution < 1.29 is 28.6 Å². The summed E-state index contributed by atoms with van der Waals surface area (Å²) in [5.74, 6) is -2.63. The quantitative estimate of drug-likeness (QED) is 0.217. The smallest absolute Gasteiger partial charge is 0.355 e. The number of halogens is 1. The van der Waals surface area contributed by atoms with Gasteiger partial charge >= 0.3 is 23.6 Å². The Morgan fingerprint density at radius 1 is 1.04 bits per heavy atom. The second-order valence-electron chi connectivity index (χ2n) is 4.83. The first-order chi connectivity index (χ1) is 12.8. The molecule has 27 heavy (non-hydrogen) atoms. The minimum absolute atomic E-state index is 0.00664. The monoisotopic (exact) mass is 494 g/mol. The SMILES string of the molecule is CCOC(=O)/C=C(\C(=O)OCC)n1cc(I)c(=O)n(CC(=O)OCC)c1=O. The van der Waals surface area contributed by atoms with Crippen LogP contribution in [0.4, 0.5) is 0 Å². The Morgan fingerprint density at radius 3 is 2.19 bits per heavy atom. The first kappa shape index (κ1) is 22.6. The molecule has 1 rings (SSSR count). The van der Waals surface area contributed by atoms with Gasteiger partial charge in [0.25, 0.3) is 5.56 Å². The number of carbonyl (C=O) groups excluding carboxylic acids is 3. The Labute approximate surface area is 167 Å². The van der Waals surface area contributed by atoms with Gasteiger partial charge in [0, 0.05) is 6.20 Å². The van der Waals surface area contributed by atoms with E-state index < -0.39 is 41.4 Å². The fourth-order valence-electron chi connectivity index (χ4n) is 1.94. The van der Waals surface area contributed by atoms with Crippen LogP contribution in [0, 0.1) is 3.57 Å². The summed E-state index contributed by atoms with van der Waals surface area (Å²) in [5, 5.41) is 0. The third kappa shape index (κ3) is 6.05. The molecule has 0 aliphatic heterocycles. The summed E-state index contributed by atoms with van der Waals surface area (Å²) in [7, 11) is 0. The number of carbonyl (C=O) groups is 3. The average molecular weight is 494 g/mol. The van der Waals surface area contributed by atoms with Gasteiger partial charge in [0.05, 0.1) is 29.5 Å². The molecule has 0 unspecified atom stereocenters. The lowest BCUT2D eigenvalue weighted by molar-refractivity contribution is -0.144. The molecule has 1 aromatic rings. The number of hydrogen-bond acceptors (Lipinski definition) is 8. The van der Waals surface area contributed by atoms with Crippen LogP contribution in [-0.4, -0.2) is 46.9 Å². The molecule has 0 aromatic carbocycles. The fourth-order valence-corrected chi connectivity index (χ4v) is 2.51. The molecule has 0 saturated heterocycles. The Hall–Kier alpha value is -2.44. The van der Waals surface area contributed by atoms with Crippen LogP contribution >= 0.6 is 22.6 Å². The van der Waals surface area contributed by atoms with Crippen LogP contribution in [0.2, 0.25) is 0 Å². The summed E-state index contributed by atoms with van der Waals surface area (Å²) in [6.45, 7) is 4.18. The highest BCUT2D eigenvalue weighted by molar-refractivity contribution is 14.1. The molecule has 11 heteroatoms. The zero-order valence-corrected chi connectivity index (χ0v) is 17.2. The highest BCUT2D eigenvalue weighted by Crippen LogP contribution is 2.07. The van der Waals surface area contributed by atoms with E-state index in [1.54, 1.807) is 43.4 Å². The van der Waals surface area contributed by atoms with Crippen molar-refractivity contribution in [2.75, 3.05) is 19.8 Å². The molecule has 1 aromatic heterocycles. The molecule has 0 N–H and O–H groups in total. The van der Waals surface area contributed by atoms with Crippen molar-refractivity contribution in [1.82, 2.24) is 9.13 Å². The van der Waals surface area contributed by atoms with Gasteiger partial charge in [0.2, 0.25) is 0 Å². The summed E-state index contributed by atoms with van der Waals surface area (Å²) < 4.78 is 15.8. The largest absolute Gasteiger partial charge is 0.465 e. The second-order valence-corrected chi connectivity index (χ2v) is 5.99. The molecule has 0 spiro atoms. The van der Waals surface area contributed by atoms with Gasteiger partial charge in [-0.15, -0.1) is 0 Å². The summed E-state index contributed by atoms with van der Waals surface area (Å²) >= 11 is 1.65. The van der Waals surface area contributed by atoms with Crippen LogP contribution in [0.3, 0.4) is 0 Å². The van der Waals surface area contributed by atoms with Crippen LogP contribution in [0.1, 0.15) is 20.8 Å². The Kier molecular flexibility index (Phi) is 8.91. The van der Waals surface area contributed by atoms with Crippen LogP contribution < -0.4 is 11.2 Å². The number of nitrogens with zero attached hydrogens (tertiary/aromatic N) is 2. The molecule has 0 saturated carbocycles. The van der Waals surface area contributed by atoms with Gasteiger partial charge in [-0.25, -0.2) is 19.0 Å². The molecule has 0 bridgehead atoms. The van der Waals surface area contributed by atoms with Crippen molar-refractivity contribution in [1.29, 1.82) is 0 Å². The van der Waals surface area contributed by atoms with E-state index in [9.17, 15) is 24.0 Å². The van der Waals surface area contributed by atoms with Crippen molar-refractivity contribution in [2.45, 2.75) is 27.3 Å². The summed E-state index contributed by atoms with van der Waals surface area (Å²) in [6.07, 6.45) is 1.87. The van der Waals surface area contributed by atoms with Crippen molar-refractivity contribution >= 4 is 46.2 Å². The Bertz CT molecular complexity index is 868. The molecule has 0 aliphatic rings. The van der Waals surface area contributed by atoms with Gasteiger partial charge in [-0.1, -0.05) is 0 Å². The van der Waals surface area contributed by atoms with Crippen LogP contribution in [0.25, 0.3) is 5.70 Å². The second kappa shape index (κ2) is 10.6. The molecule has 0 amide bonds. The van der Waals surface area contributed by atoms with E-state index in [1.165, 1.54) is 0 Å². The zero-order valence-electron chi connectivity index (χ0n) is 15.0. The summed E-state index contributed by atoms with van der Waals surface area (Å²) in [4.78, 5) is 60.6. The van der Waals surface area contributed by atoms with Gasteiger partial charge in [-0.05, 0) is 43.4 Å². The van der Waals surface area contributed by atoms with Crippen LogP contribution in [-0.2, 0) is 35.1 Å². The van der Waals surface area contributed by atoms with Gasteiger partial charge in [0.15, 0.2) is 0 Å². The normalized spacial score (nSPS) is 11.0. The molecular formula is C16H19IN2O8.